The highest BCUT2D eigenvalue weighted by Crippen LogP contribution is 2.36. The summed E-state index contributed by atoms with van der Waals surface area (Å²) in [5.41, 5.74) is 2.60. The molecule has 0 fully saturated rings. The van der Waals surface area contributed by atoms with Crippen LogP contribution in [0.1, 0.15) is 17.3 Å². The second-order valence-corrected chi connectivity index (χ2v) is 6.20. The second-order valence-electron chi connectivity index (χ2n) is 5.79. The molecule has 0 unspecified atom stereocenters. The van der Waals surface area contributed by atoms with Gasteiger partial charge in [-0.3, -0.25) is 9.48 Å². The van der Waals surface area contributed by atoms with Crippen LogP contribution in [0.15, 0.2) is 48.7 Å². The number of ether oxygens (including phenoxy) is 2. The van der Waals surface area contributed by atoms with Crippen molar-refractivity contribution in [2.75, 3.05) is 19.0 Å². The van der Waals surface area contributed by atoms with E-state index < -0.39 is 0 Å². The molecule has 2 aromatic carbocycles. The SMILES string of the molecule is CCOc1ccc(NC(=O)c2cccc(OC)c2)cc1-c1c(Cl)cnn1C. The molecule has 6 nitrogen and oxygen atoms in total. The zero-order valence-electron chi connectivity index (χ0n) is 15.3. The molecule has 3 aromatic rings. The maximum absolute atomic E-state index is 12.6. The van der Waals surface area contributed by atoms with Crippen molar-refractivity contribution >= 4 is 23.2 Å². The quantitative estimate of drug-likeness (QED) is 0.683. The van der Waals surface area contributed by atoms with Crippen LogP contribution in [0.5, 0.6) is 11.5 Å². The minimum Gasteiger partial charge on any atom is -0.497 e. The van der Waals surface area contributed by atoms with Crippen molar-refractivity contribution in [2.45, 2.75) is 6.92 Å². The van der Waals surface area contributed by atoms with Gasteiger partial charge in [0.1, 0.15) is 11.5 Å². The van der Waals surface area contributed by atoms with Crippen molar-refractivity contribution in [1.29, 1.82) is 0 Å². The van der Waals surface area contributed by atoms with Gasteiger partial charge in [-0.1, -0.05) is 17.7 Å². The molecule has 0 radical (unpaired) electrons. The number of carbonyl (C=O) groups is 1. The van der Waals surface area contributed by atoms with Crippen molar-refractivity contribution in [3.63, 3.8) is 0 Å². The van der Waals surface area contributed by atoms with Crippen molar-refractivity contribution < 1.29 is 14.3 Å². The van der Waals surface area contributed by atoms with E-state index in [1.165, 1.54) is 0 Å². The number of hydrogen-bond donors (Lipinski definition) is 1. The summed E-state index contributed by atoms with van der Waals surface area (Å²) in [4.78, 5) is 12.6. The number of carbonyl (C=O) groups excluding carboxylic acids is 1. The molecule has 27 heavy (non-hydrogen) atoms. The van der Waals surface area contributed by atoms with Gasteiger partial charge in [0.25, 0.3) is 5.91 Å². The number of aryl methyl sites for hydroxylation is 1. The fraction of sp³-hybridized carbons (Fsp3) is 0.200. The molecular formula is C20H20ClN3O3. The Labute approximate surface area is 162 Å². The first-order chi connectivity index (χ1) is 13.0. The molecule has 0 bridgehead atoms. The van der Waals surface area contributed by atoms with Gasteiger partial charge in [-0.2, -0.15) is 5.10 Å². The van der Waals surface area contributed by atoms with E-state index in [0.29, 0.717) is 34.4 Å². The van der Waals surface area contributed by atoms with Crippen molar-refractivity contribution in [3.05, 3.63) is 59.2 Å². The zero-order valence-corrected chi connectivity index (χ0v) is 16.1. The Bertz CT molecular complexity index is 949. The molecule has 0 aliphatic carbocycles. The van der Waals surface area contributed by atoms with Crippen LogP contribution in [-0.4, -0.2) is 29.4 Å². The van der Waals surface area contributed by atoms with Crippen molar-refractivity contribution in [3.8, 4) is 22.8 Å². The number of halogens is 1. The number of hydrogen-bond acceptors (Lipinski definition) is 4. The van der Waals surface area contributed by atoms with E-state index in [-0.39, 0.29) is 5.91 Å². The van der Waals surface area contributed by atoms with Crippen LogP contribution >= 0.6 is 11.6 Å². The third kappa shape index (κ3) is 4.06. The Hall–Kier alpha value is -2.99. The molecule has 3 rings (SSSR count). The smallest absolute Gasteiger partial charge is 0.255 e. The first-order valence-electron chi connectivity index (χ1n) is 8.43. The molecular weight excluding hydrogens is 366 g/mol. The number of nitrogens with one attached hydrogen (secondary N) is 1. The van der Waals surface area contributed by atoms with E-state index in [9.17, 15) is 4.79 Å². The summed E-state index contributed by atoms with van der Waals surface area (Å²) >= 11 is 6.30. The van der Waals surface area contributed by atoms with Gasteiger partial charge >= 0.3 is 0 Å². The number of rotatable bonds is 6. The summed E-state index contributed by atoms with van der Waals surface area (Å²) in [6.07, 6.45) is 1.58. The monoisotopic (exact) mass is 385 g/mol. The fourth-order valence-electron chi connectivity index (χ4n) is 2.76. The maximum Gasteiger partial charge on any atom is 0.255 e. The average molecular weight is 386 g/mol. The summed E-state index contributed by atoms with van der Waals surface area (Å²) in [5, 5.41) is 7.59. The number of aromatic nitrogens is 2. The Balaban J connectivity index is 1.95. The standard InChI is InChI=1S/C20H20ClN3O3/c1-4-27-18-9-8-14(11-16(18)19-17(21)12-22-24(19)2)23-20(25)13-6-5-7-15(10-13)26-3/h5-12H,4H2,1-3H3,(H,23,25). The predicted molar refractivity (Wildman–Crippen MR) is 106 cm³/mol. The van der Waals surface area contributed by atoms with E-state index in [0.717, 1.165) is 11.3 Å². The molecule has 1 heterocycles. The van der Waals surface area contributed by atoms with Crippen LogP contribution in [-0.2, 0) is 7.05 Å². The lowest BCUT2D eigenvalue weighted by Crippen LogP contribution is -2.12. The molecule has 1 aromatic heterocycles. The highest BCUT2D eigenvalue weighted by Gasteiger charge is 2.16. The lowest BCUT2D eigenvalue weighted by Gasteiger charge is -2.14. The maximum atomic E-state index is 12.6. The summed E-state index contributed by atoms with van der Waals surface area (Å²) < 4.78 is 12.6. The fourth-order valence-corrected chi connectivity index (χ4v) is 3.02. The van der Waals surface area contributed by atoms with Gasteiger partial charge in [0.15, 0.2) is 0 Å². The lowest BCUT2D eigenvalue weighted by atomic mass is 10.1. The van der Waals surface area contributed by atoms with Crippen molar-refractivity contribution in [1.82, 2.24) is 9.78 Å². The summed E-state index contributed by atoms with van der Waals surface area (Å²) in [6.45, 7) is 2.42. The molecule has 1 N–H and O–H groups in total. The highest BCUT2D eigenvalue weighted by atomic mass is 35.5. The largest absolute Gasteiger partial charge is 0.497 e. The van der Waals surface area contributed by atoms with Crippen LogP contribution in [0, 0.1) is 0 Å². The molecule has 0 aliphatic heterocycles. The normalized spacial score (nSPS) is 10.5. The Morgan fingerprint density at radius 1 is 1.26 bits per heavy atom. The van der Waals surface area contributed by atoms with Crippen LogP contribution in [0.2, 0.25) is 5.02 Å². The van der Waals surface area contributed by atoms with Gasteiger partial charge in [-0.25, -0.2) is 0 Å². The van der Waals surface area contributed by atoms with Gasteiger partial charge < -0.3 is 14.8 Å². The number of amides is 1. The Morgan fingerprint density at radius 3 is 2.74 bits per heavy atom. The van der Waals surface area contributed by atoms with E-state index in [1.54, 1.807) is 55.4 Å². The summed E-state index contributed by atoms with van der Waals surface area (Å²) in [6, 6.07) is 12.4. The van der Waals surface area contributed by atoms with Gasteiger partial charge in [0.2, 0.25) is 0 Å². The lowest BCUT2D eigenvalue weighted by molar-refractivity contribution is 0.102. The molecule has 0 spiro atoms. The minimum atomic E-state index is -0.236. The third-order valence-electron chi connectivity index (χ3n) is 4.02. The van der Waals surface area contributed by atoms with Crippen LogP contribution in [0.3, 0.4) is 0 Å². The van der Waals surface area contributed by atoms with Gasteiger partial charge in [-0.05, 0) is 43.3 Å². The molecule has 0 saturated heterocycles. The Kier molecular flexibility index (Phi) is 5.66. The molecule has 7 heteroatoms. The zero-order chi connectivity index (χ0) is 19.4. The van der Waals surface area contributed by atoms with E-state index >= 15 is 0 Å². The van der Waals surface area contributed by atoms with Gasteiger partial charge in [-0.15, -0.1) is 0 Å². The van der Waals surface area contributed by atoms with E-state index in [1.807, 2.05) is 19.1 Å². The predicted octanol–water partition coefficient (Wildman–Crippen LogP) is 4.40. The Morgan fingerprint density at radius 2 is 2.07 bits per heavy atom. The number of methoxy groups -OCH3 is 1. The first-order valence-corrected chi connectivity index (χ1v) is 8.81. The average Bonchev–Trinajstić information content (AvgIpc) is 3.01. The summed E-state index contributed by atoms with van der Waals surface area (Å²) in [5.74, 6) is 1.05. The van der Waals surface area contributed by atoms with Crippen LogP contribution < -0.4 is 14.8 Å². The molecule has 1 amide bonds. The number of benzene rings is 2. The van der Waals surface area contributed by atoms with E-state index in [4.69, 9.17) is 21.1 Å². The van der Waals surface area contributed by atoms with Gasteiger partial charge in [0.05, 0.1) is 30.6 Å². The number of nitrogens with zero attached hydrogens (tertiary/aromatic N) is 2. The topological polar surface area (TPSA) is 65.4 Å². The van der Waals surface area contributed by atoms with Gasteiger partial charge in [0, 0.05) is 23.9 Å². The molecule has 0 saturated carbocycles. The molecule has 0 atom stereocenters. The first kappa shape index (κ1) is 18.8. The third-order valence-corrected chi connectivity index (χ3v) is 4.30. The highest BCUT2D eigenvalue weighted by molar-refractivity contribution is 6.33. The molecule has 0 aliphatic rings. The second kappa shape index (κ2) is 8.14. The molecule has 140 valence electrons. The summed E-state index contributed by atoms with van der Waals surface area (Å²) in [7, 11) is 3.37. The van der Waals surface area contributed by atoms with E-state index in [2.05, 4.69) is 10.4 Å². The van der Waals surface area contributed by atoms with Crippen LogP contribution in [0.4, 0.5) is 5.69 Å². The van der Waals surface area contributed by atoms with Crippen LogP contribution in [0.25, 0.3) is 11.3 Å². The minimum absolute atomic E-state index is 0.236. The van der Waals surface area contributed by atoms with Crippen molar-refractivity contribution in [2.24, 2.45) is 7.05 Å². The number of anilines is 1.